The van der Waals surface area contributed by atoms with Crippen LogP contribution in [-0.4, -0.2) is 9.78 Å². The number of halogens is 1. The summed E-state index contributed by atoms with van der Waals surface area (Å²) < 4.78 is 15.3. The highest BCUT2D eigenvalue weighted by Crippen LogP contribution is 2.41. The number of nitriles is 2. The van der Waals surface area contributed by atoms with Crippen LogP contribution in [0, 0.1) is 28.5 Å². The van der Waals surface area contributed by atoms with Gasteiger partial charge < -0.3 is 5.32 Å². The summed E-state index contributed by atoms with van der Waals surface area (Å²) in [7, 11) is 0. The molecule has 0 saturated carbocycles. The summed E-state index contributed by atoms with van der Waals surface area (Å²) in [6.45, 7) is 3.64. The molecule has 3 aromatic rings. The highest BCUT2D eigenvalue weighted by atomic mass is 19.1. The number of nitrogens with zero attached hydrogens (tertiary/aromatic N) is 4. The number of dihydropyridines is 1. The molecule has 0 amide bonds. The highest BCUT2D eigenvalue weighted by molar-refractivity contribution is 5.69. The van der Waals surface area contributed by atoms with Crippen molar-refractivity contribution in [3.05, 3.63) is 94.7 Å². The third-order valence-electron chi connectivity index (χ3n) is 5.19. The third kappa shape index (κ3) is 3.25. The maximum atomic E-state index is 13.5. The minimum Gasteiger partial charge on any atom is -0.361 e. The summed E-state index contributed by atoms with van der Waals surface area (Å²) >= 11 is 0. The lowest BCUT2D eigenvalue weighted by atomic mass is 9.81. The fraction of sp³-hybridized carbons (Fsp3) is 0.125. The van der Waals surface area contributed by atoms with Crippen molar-refractivity contribution in [3.63, 3.8) is 0 Å². The van der Waals surface area contributed by atoms with E-state index in [1.807, 2.05) is 50.4 Å². The molecule has 0 spiro atoms. The first-order valence-electron chi connectivity index (χ1n) is 9.43. The second-order valence-corrected chi connectivity index (χ2v) is 7.08. The zero-order valence-corrected chi connectivity index (χ0v) is 16.5. The Hall–Kier alpha value is -4.16. The first kappa shape index (κ1) is 19.2. The van der Waals surface area contributed by atoms with Crippen LogP contribution in [0.3, 0.4) is 0 Å². The summed E-state index contributed by atoms with van der Waals surface area (Å²) in [5.74, 6) is -0.898. The fourth-order valence-corrected chi connectivity index (χ4v) is 3.74. The van der Waals surface area contributed by atoms with Gasteiger partial charge in [-0.1, -0.05) is 18.2 Å². The van der Waals surface area contributed by atoms with Crippen molar-refractivity contribution >= 4 is 0 Å². The van der Waals surface area contributed by atoms with Gasteiger partial charge in [0.2, 0.25) is 0 Å². The van der Waals surface area contributed by atoms with Crippen LogP contribution in [0.2, 0.25) is 0 Å². The maximum absolute atomic E-state index is 13.5. The van der Waals surface area contributed by atoms with Crippen molar-refractivity contribution in [1.29, 1.82) is 10.5 Å². The van der Waals surface area contributed by atoms with E-state index in [1.165, 1.54) is 12.1 Å². The number of aromatic nitrogens is 2. The average Bonchev–Trinajstić information content (AvgIpc) is 3.19. The van der Waals surface area contributed by atoms with E-state index in [-0.39, 0.29) is 5.82 Å². The summed E-state index contributed by atoms with van der Waals surface area (Å²) in [4.78, 5) is 0. The van der Waals surface area contributed by atoms with Crippen molar-refractivity contribution in [3.8, 4) is 29.1 Å². The smallest absolute Gasteiger partial charge is 0.123 e. The molecule has 5 nitrogen and oxygen atoms in total. The van der Waals surface area contributed by atoms with E-state index < -0.39 is 5.92 Å². The van der Waals surface area contributed by atoms with Gasteiger partial charge in [-0.05, 0) is 50.2 Å². The minimum absolute atomic E-state index is 0.341. The van der Waals surface area contributed by atoms with Crippen molar-refractivity contribution in [2.75, 3.05) is 0 Å². The monoisotopic (exact) mass is 395 g/mol. The van der Waals surface area contributed by atoms with Crippen LogP contribution in [-0.2, 0) is 0 Å². The molecule has 0 unspecified atom stereocenters. The van der Waals surface area contributed by atoms with Gasteiger partial charge in [0.15, 0.2) is 0 Å². The number of allylic oxidation sites excluding steroid dienone is 4. The quantitative estimate of drug-likeness (QED) is 0.680. The second kappa shape index (κ2) is 7.69. The standard InChI is InChI=1S/C24H18FN5/c1-15-20(12-26)23(21(13-27)16(2)28-15)22-14-30(19-6-4-3-5-7-19)29-24(22)17-8-10-18(25)11-9-17/h3-11,14,23,28H,1-2H3. The molecule has 0 atom stereocenters. The van der Waals surface area contributed by atoms with Crippen LogP contribution in [0.5, 0.6) is 0 Å². The molecule has 0 saturated heterocycles. The number of hydrogen-bond acceptors (Lipinski definition) is 4. The first-order chi connectivity index (χ1) is 14.5. The molecular formula is C24H18FN5. The van der Waals surface area contributed by atoms with Crippen LogP contribution in [0.1, 0.15) is 25.3 Å². The van der Waals surface area contributed by atoms with Crippen molar-refractivity contribution < 1.29 is 4.39 Å². The molecule has 30 heavy (non-hydrogen) atoms. The van der Waals surface area contributed by atoms with Gasteiger partial charge in [0, 0.05) is 28.7 Å². The molecule has 2 aromatic carbocycles. The zero-order valence-electron chi connectivity index (χ0n) is 16.5. The molecular weight excluding hydrogens is 377 g/mol. The number of para-hydroxylation sites is 1. The molecule has 1 aromatic heterocycles. The lowest BCUT2D eigenvalue weighted by Gasteiger charge is -2.25. The van der Waals surface area contributed by atoms with Crippen molar-refractivity contribution in [2.24, 2.45) is 0 Å². The molecule has 4 rings (SSSR count). The molecule has 1 aliphatic rings. The Morgan fingerprint density at radius 3 is 2.10 bits per heavy atom. The Bertz CT molecular complexity index is 1220. The SMILES string of the molecule is CC1=C(C#N)C(c2cn(-c3ccccc3)nc2-c2ccc(F)cc2)C(C#N)=C(C)N1. The largest absolute Gasteiger partial charge is 0.361 e. The lowest BCUT2D eigenvalue weighted by Crippen LogP contribution is -2.23. The molecule has 1 N–H and O–H groups in total. The molecule has 0 radical (unpaired) electrons. The minimum atomic E-state index is -0.557. The molecule has 0 bridgehead atoms. The van der Waals surface area contributed by atoms with Crippen LogP contribution in [0.4, 0.5) is 4.39 Å². The Morgan fingerprint density at radius 1 is 0.933 bits per heavy atom. The number of nitrogens with one attached hydrogen (secondary N) is 1. The van der Waals surface area contributed by atoms with E-state index in [2.05, 4.69) is 17.5 Å². The van der Waals surface area contributed by atoms with E-state index in [0.29, 0.717) is 33.8 Å². The van der Waals surface area contributed by atoms with Crippen LogP contribution >= 0.6 is 0 Å². The highest BCUT2D eigenvalue weighted by Gasteiger charge is 2.33. The van der Waals surface area contributed by atoms with E-state index in [1.54, 1.807) is 16.8 Å². The lowest BCUT2D eigenvalue weighted by molar-refractivity contribution is 0.628. The normalized spacial score (nSPS) is 14.3. The molecule has 0 fully saturated rings. The van der Waals surface area contributed by atoms with Gasteiger partial charge in [0.05, 0.1) is 40.6 Å². The predicted octanol–water partition coefficient (Wildman–Crippen LogP) is 4.96. The first-order valence-corrected chi connectivity index (χ1v) is 9.43. The molecule has 6 heteroatoms. The van der Waals surface area contributed by atoms with Crippen LogP contribution in [0.15, 0.2) is 83.3 Å². The van der Waals surface area contributed by atoms with Gasteiger partial charge in [0.1, 0.15) is 5.82 Å². The van der Waals surface area contributed by atoms with Gasteiger partial charge in [-0.2, -0.15) is 15.6 Å². The zero-order chi connectivity index (χ0) is 21.3. The van der Waals surface area contributed by atoms with Gasteiger partial charge in [-0.15, -0.1) is 0 Å². The summed E-state index contributed by atoms with van der Waals surface area (Å²) in [5, 5.41) is 27.6. The Labute approximate surface area is 174 Å². The van der Waals surface area contributed by atoms with E-state index in [9.17, 15) is 14.9 Å². The van der Waals surface area contributed by atoms with Gasteiger partial charge in [-0.25, -0.2) is 9.07 Å². The molecule has 0 aliphatic carbocycles. The van der Waals surface area contributed by atoms with Crippen LogP contribution < -0.4 is 5.32 Å². The van der Waals surface area contributed by atoms with E-state index in [0.717, 1.165) is 11.3 Å². The predicted molar refractivity (Wildman–Crippen MR) is 111 cm³/mol. The molecule has 2 heterocycles. The molecule has 146 valence electrons. The maximum Gasteiger partial charge on any atom is 0.123 e. The number of hydrogen-bond donors (Lipinski definition) is 1. The Kier molecular flexibility index (Phi) is 4.92. The third-order valence-corrected chi connectivity index (χ3v) is 5.19. The van der Waals surface area contributed by atoms with E-state index in [4.69, 9.17) is 5.10 Å². The Morgan fingerprint density at radius 2 is 1.53 bits per heavy atom. The van der Waals surface area contributed by atoms with Crippen LogP contribution in [0.25, 0.3) is 16.9 Å². The number of benzene rings is 2. The topological polar surface area (TPSA) is 77.4 Å². The Balaban J connectivity index is 1.99. The molecule has 1 aliphatic heterocycles. The fourth-order valence-electron chi connectivity index (χ4n) is 3.74. The van der Waals surface area contributed by atoms with Gasteiger partial charge in [-0.3, -0.25) is 0 Å². The number of rotatable bonds is 3. The van der Waals surface area contributed by atoms with E-state index >= 15 is 0 Å². The van der Waals surface area contributed by atoms with Crippen molar-refractivity contribution in [1.82, 2.24) is 15.1 Å². The summed E-state index contributed by atoms with van der Waals surface area (Å²) in [6, 6.07) is 20.2. The summed E-state index contributed by atoms with van der Waals surface area (Å²) in [5.41, 5.74) is 5.23. The summed E-state index contributed by atoms with van der Waals surface area (Å²) in [6.07, 6.45) is 1.85. The van der Waals surface area contributed by atoms with Gasteiger partial charge >= 0.3 is 0 Å². The average molecular weight is 395 g/mol. The second-order valence-electron chi connectivity index (χ2n) is 7.08. The van der Waals surface area contributed by atoms with Crippen molar-refractivity contribution in [2.45, 2.75) is 19.8 Å². The van der Waals surface area contributed by atoms with Gasteiger partial charge in [0.25, 0.3) is 0 Å².